The first-order valence-corrected chi connectivity index (χ1v) is 13.1. The summed E-state index contributed by atoms with van der Waals surface area (Å²) in [6.45, 7) is 12.1. The van der Waals surface area contributed by atoms with E-state index in [2.05, 4.69) is 39.8 Å². The van der Waals surface area contributed by atoms with Gasteiger partial charge < -0.3 is 10.3 Å². The highest BCUT2D eigenvalue weighted by atomic mass is 16.4. The summed E-state index contributed by atoms with van der Waals surface area (Å²) in [6, 6.07) is 0. The summed E-state index contributed by atoms with van der Waals surface area (Å²) < 4.78 is 0. The van der Waals surface area contributed by atoms with Crippen LogP contribution in [0.25, 0.3) is 0 Å². The molecule has 0 aliphatic heterocycles. The van der Waals surface area contributed by atoms with Crippen LogP contribution < -0.4 is 0 Å². The van der Waals surface area contributed by atoms with Crippen LogP contribution in [0.5, 0.6) is 0 Å². The van der Waals surface area contributed by atoms with Gasteiger partial charge in [-0.2, -0.15) is 0 Å². The Balaban J connectivity index is 1.56. The average molecular weight is 418 g/mol. The van der Waals surface area contributed by atoms with Crippen molar-refractivity contribution in [2.75, 3.05) is 0 Å². The normalized spacial score (nSPS) is 48.3. The highest BCUT2D eigenvalue weighted by Crippen LogP contribution is 2.68. The Morgan fingerprint density at radius 3 is 2.40 bits per heavy atom. The van der Waals surface area contributed by atoms with Gasteiger partial charge in [0, 0.05) is 5.41 Å². The number of hydrogen-bond acceptors (Lipinski definition) is 3. The van der Waals surface area contributed by atoms with Crippen molar-refractivity contribution < 1.29 is 10.3 Å². The molecule has 0 radical (unpaired) electrons. The van der Waals surface area contributed by atoms with E-state index in [1.54, 1.807) is 0 Å². The molecule has 3 heteroatoms. The highest BCUT2D eigenvalue weighted by Gasteiger charge is 2.66. The summed E-state index contributed by atoms with van der Waals surface area (Å²) in [5.74, 6) is 4.37. The van der Waals surface area contributed by atoms with Crippen LogP contribution in [-0.2, 0) is 0 Å². The Labute approximate surface area is 185 Å². The predicted molar refractivity (Wildman–Crippen MR) is 124 cm³/mol. The van der Waals surface area contributed by atoms with Gasteiger partial charge in [0.15, 0.2) is 0 Å². The second-order valence-corrected chi connectivity index (χ2v) is 12.6. The zero-order chi connectivity index (χ0) is 21.7. The van der Waals surface area contributed by atoms with Gasteiger partial charge in [-0.3, -0.25) is 0 Å². The molecule has 4 aliphatic rings. The van der Waals surface area contributed by atoms with E-state index in [4.69, 9.17) is 0 Å². The van der Waals surface area contributed by atoms with Crippen LogP contribution in [0.2, 0.25) is 0 Å². The summed E-state index contributed by atoms with van der Waals surface area (Å²) in [6.07, 6.45) is 14.3. The highest BCUT2D eigenvalue weighted by molar-refractivity contribution is 5.94. The Hall–Kier alpha value is -0.570. The van der Waals surface area contributed by atoms with Crippen molar-refractivity contribution in [3.05, 3.63) is 0 Å². The summed E-state index contributed by atoms with van der Waals surface area (Å²) in [4.78, 5) is 0. The minimum absolute atomic E-state index is 0.113. The van der Waals surface area contributed by atoms with Gasteiger partial charge >= 0.3 is 0 Å². The SMILES string of the molecule is CC(C)CCC[C@@H](C)[C@H]1CC[C@H]2[C@@H]3C/C(=N/O)[C@@]4(O)CCCC[C@]4(C)[C@H]3CC[C@]12C. The molecular formula is C27H47NO2. The second-order valence-electron chi connectivity index (χ2n) is 12.6. The lowest BCUT2D eigenvalue weighted by atomic mass is 9.42. The van der Waals surface area contributed by atoms with Gasteiger partial charge in [-0.25, -0.2) is 0 Å². The molecule has 0 aromatic carbocycles. The molecular weight excluding hydrogens is 370 g/mol. The fourth-order valence-electron chi connectivity index (χ4n) is 9.23. The van der Waals surface area contributed by atoms with Crippen molar-refractivity contribution in [3.8, 4) is 0 Å². The zero-order valence-electron chi connectivity index (χ0n) is 20.3. The molecule has 4 saturated carbocycles. The van der Waals surface area contributed by atoms with Crippen molar-refractivity contribution in [2.24, 2.45) is 51.5 Å². The molecule has 0 spiro atoms. The monoisotopic (exact) mass is 417 g/mol. The maximum Gasteiger partial charge on any atom is 0.112 e. The van der Waals surface area contributed by atoms with E-state index in [0.29, 0.717) is 23.0 Å². The van der Waals surface area contributed by atoms with Gasteiger partial charge in [-0.15, -0.1) is 0 Å². The van der Waals surface area contributed by atoms with Crippen LogP contribution in [0.1, 0.15) is 112 Å². The van der Waals surface area contributed by atoms with Crippen LogP contribution in [0.15, 0.2) is 5.16 Å². The lowest BCUT2D eigenvalue weighted by Gasteiger charge is -2.63. The van der Waals surface area contributed by atoms with Crippen molar-refractivity contribution in [3.63, 3.8) is 0 Å². The zero-order valence-corrected chi connectivity index (χ0v) is 20.3. The van der Waals surface area contributed by atoms with Crippen molar-refractivity contribution in [2.45, 2.75) is 117 Å². The Kier molecular flexibility index (Phi) is 6.10. The van der Waals surface area contributed by atoms with Crippen LogP contribution in [0.3, 0.4) is 0 Å². The maximum absolute atomic E-state index is 11.7. The lowest BCUT2D eigenvalue weighted by molar-refractivity contribution is -0.153. The molecule has 4 rings (SSSR count). The van der Waals surface area contributed by atoms with Crippen molar-refractivity contribution in [1.82, 2.24) is 0 Å². The van der Waals surface area contributed by atoms with Crippen LogP contribution in [0, 0.1) is 46.3 Å². The van der Waals surface area contributed by atoms with E-state index in [-0.39, 0.29) is 5.41 Å². The summed E-state index contributed by atoms with van der Waals surface area (Å²) in [7, 11) is 0. The maximum atomic E-state index is 11.7. The fourth-order valence-corrected chi connectivity index (χ4v) is 9.23. The molecule has 3 nitrogen and oxygen atoms in total. The number of fused-ring (bicyclic) bond motifs is 5. The minimum atomic E-state index is -0.878. The Bertz CT molecular complexity index is 659. The van der Waals surface area contributed by atoms with Crippen LogP contribution in [-0.4, -0.2) is 21.6 Å². The first kappa shape index (κ1) is 22.6. The van der Waals surface area contributed by atoms with Crippen molar-refractivity contribution in [1.29, 1.82) is 0 Å². The Morgan fingerprint density at radius 1 is 0.967 bits per heavy atom. The largest absolute Gasteiger partial charge is 0.411 e. The summed E-state index contributed by atoms with van der Waals surface area (Å²) >= 11 is 0. The number of aliphatic hydroxyl groups is 1. The molecule has 0 aromatic rings. The smallest absolute Gasteiger partial charge is 0.112 e. The van der Waals surface area contributed by atoms with Gasteiger partial charge in [0.25, 0.3) is 0 Å². The molecule has 30 heavy (non-hydrogen) atoms. The van der Waals surface area contributed by atoms with E-state index in [1.807, 2.05) is 0 Å². The number of hydrogen-bond donors (Lipinski definition) is 2. The first-order valence-electron chi connectivity index (χ1n) is 13.1. The molecule has 0 bridgehead atoms. The standard InChI is InChI=1S/C27H47NO2/c1-18(2)9-8-10-19(3)21-11-12-22-20-17-24(28-30)27(29)15-7-6-14-26(27,5)23(20)13-16-25(21,22)4/h18-23,29-30H,6-17H2,1-5H3/b28-24-/t19-,20+,21-,22+,23+,25-,26-,27+/m1/s1. The third-order valence-corrected chi connectivity index (χ3v) is 10.9. The molecule has 4 aliphatic carbocycles. The van der Waals surface area contributed by atoms with Gasteiger partial charge in [-0.1, -0.05) is 71.9 Å². The van der Waals surface area contributed by atoms with Crippen LogP contribution >= 0.6 is 0 Å². The molecule has 8 atom stereocenters. The van der Waals surface area contributed by atoms with Crippen LogP contribution in [0.4, 0.5) is 0 Å². The second kappa shape index (κ2) is 8.09. The van der Waals surface area contributed by atoms with Gasteiger partial charge in [0.1, 0.15) is 5.60 Å². The molecule has 0 saturated heterocycles. The summed E-state index contributed by atoms with van der Waals surface area (Å²) in [5, 5.41) is 25.4. The van der Waals surface area contributed by atoms with E-state index in [0.717, 1.165) is 49.4 Å². The molecule has 2 N–H and O–H groups in total. The molecule has 0 heterocycles. The van der Waals surface area contributed by atoms with Crippen molar-refractivity contribution >= 4 is 5.71 Å². The molecule has 0 aromatic heterocycles. The molecule has 4 fully saturated rings. The van der Waals surface area contributed by atoms with Gasteiger partial charge in [0.05, 0.1) is 5.71 Å². The average Bonchev–Trinajstić information content (AvgIpc) is 3.05. The third-order valence-electron chi connectivity index (χ3n) is 10.9. The van der Waals surface area contributed by atoms with E-state index < -0.39 is 5.60 Å². The number of nitrogens with zero attached hydrogens (tertiary/aromatic N) is 1. The quantitative estimate of drug-likeness (QED) is 0.372. The molecule has 0 amide bonds. The topological polar surface area (TPSA) is 52.8 Å². The molecule has 172 valence electrons. The molecule has 0 unspecified atom stereocenters. The van der Waals surface area contributed by atoms with E-state index in [1.165, 1.54) is 51.4 Å². The lowest BCUT2D eigenvalue weighted by Crippen LogP contribution is -2.65. The summed E-state index contributed by atoms with van der Waals surface area (Å²) in [5.41, 5.74) is 0.151. The Morgan fingerprint density at radius 2 is 1.70 bits per heavy atom. The first-order chi connectivity index (χ1) is 14.2. The minimum Gasteiger partial charge on any atom is -0.411 e. The number of rotatable bonds is 5. The predicted octanol–water partition coefficient (Wildman–Crippen LogP) is 7.05. The third kappa shape index (κ3) is 3.28. The number of oxime groups is 1. The fraction of sp³-hybridized carbons (Fsp3) is 0.963. The van der Waals surface area contributed by atoms with E-state index in [9.17, 15) is 10.3 Å². The van der Waals surface area contributed by atoms with Gasteiger partial charge in [-0.05, 0) is 85.9 Å². The van der Waals surface area contributed by atoms with Gasteiger partial charge in [0.2, 0.25) is 0 Å². The van der Waals surface area contributed by atoms with E-state index >= 15 is 0 Å².